The summed E-state index contributed by atoms with van der Waals surface area (Å²) in [5, 5.41) is 11.7. The lowest BCUT2D eigenvalue weighted by Crippen LogP contribution is -2.32. The molecule has 3 heterocycles. The third-order valence-corrected chi connectivity index (χ3v) is 5.68. The smallest absolute Gasteiger partial charge is 0.226 e. The van der Waals surface area contributed by atoms with Gasteiger partial charge in [0.2, 0.25) is 5.91 Å². The van der Waals surface area contributed by atoms with E-state index < -0.39 is 0 Å². The molecule has 1 N–H and O–H groups in total. The van der Waals surface area contributed by atoms with E-state index in [-0.39, 0.29) is 17.9 Å². The molecule has 1 fully saturated rings. The molecular weight excluding hydrogens is 368 g/mol. The predicted octanol–water partition coefficient (Wildman–Crippen LogP) is 3.49. The second-order valence-corrected chi connectivity index (χ2v) is 7.54. The molecule has 1 aromatic carbocycles. The van der Waals surface area contributed by atoms with E-state index >= 15 is 0 Å². The number of amides is 1. The maximum Gasteiger partial charge on any atom is 0.226 e. The van der Waals surface area contributed by atoms with Crippen LogP contribution in [0, 0.1) is 33.6 Å². The van der Waals surface area contributed by atoms with Crippen LogP contribution in [0.15, 0.2) is 34.9 Å². The minimum atomic E-state index is -0.294. The molecule has 0 unspecified atom stereocenters. The van der Waals surface area contributed by atoms with Gasteiger partial charge in [-0.05, 0) is 46.2 Å². The Hall–Kier alpha value is -2.93. The van der Waals surface area contributed by atoms with E-state index in [4.69, 9.17) is 14.4 Å². The van der Waals surface area contributed by atoms with Crippen molar-refractivity contribution in [1.29, 1.82) is 0 Å². The van der Waals surface area contributed by atoms with E-state index in [2.05, 4.69) is 10.5 Å². The van der Waals surface area contributed by atoms with E-state index in [9.17, 15) is 4.79 Å². The summed E-state index contributed by atoms with van der Waals surface area (Å²) in [6.07, 6.45) is 0.394. The first-order chi connectivity index (χ1) is 14.0. The fourth-order valence-corrected chi connectivity index (χ4v) is 4.09. The molecule has 2 aromatic heterocycles. The van der Waals surface area contributed by atoms with Crippen molar-refractivity contribution in [3.05, 3.63) is 64.3 Å². The molecule has 0 saturated carbocycles. The standard InChI is InChI=1S/C22H26N4O3/c1-13-19(16(4)29-25-13)12-23-22(27)18-10-11-28-21(18)20-14(2)24-26(15(20)3)17-8-6-5-7-9-17/h5-9,18,21H,10-12H2,1-4H3,(H,23,27)/t18-,21-/m0/s1. The van der Waals surface area contributed by atoms with Crippen molar-refractivity contribution in [3.8, 4) is 5.69 Å². The second-order valence-electron chi connectivity index (χ2n) is 7.54. The first kappa shape index (κ1) is 19.4. The summed E-state index contributed by atoms with van der Waals surface area (Å²) >= 11 is 0. The van der Waals surface area contributed by atoms with Crippen LogP contribution >= 0.6 is 0 Å². The Kier molecular flexibility index (Phi) is 5.24. The van der Waals surface area contributed by atoms with Gasteiger partial charge in [0.1, 0.15) is 5.76 Å². The Labute approximate surface area is 170 Å². The molecule has 1 amide bonds. The van der Waals surface area contributed by atoms with Crippen molar-refractivity contribution >= 4 is 5.91 Å². The zero-order chi connectivity index (χ0) is 20.5. The number of para-hydroxylation sites is 1. The fourth-order valence-electron chi connectivity index (χ4n) is 4.09. The molecule has 1 aliphatic heterocycles. The van der Waals surface area contributed by atoms with Gasteiger partial charge < -0.3 is 14.6 Å². The Morgan fingerprint density at radius 1 is 1.17 bits per heavy atom. The molecule has 1 aliphatic rings. The van der Waals surface area contributed by atoms with Crippen molar-refractivity contribution in [2.75, 3.05) is 6.61 Å². The average molecular weight is 394 g/mol. The average Bonchev–Trinajstić information content (AvgIpc) is 3.39. The van der Waals surface area contributed by atoms with Gasteiger partial charge in [-0.15, -0.1) is 0 Å². The summed E-state index contributed by atoms with van der Waals surface area (Å²) in [5.41, 5.74) is 5.63. The van der Waals surface area contributed by atoms with Crippen molar-refractivity contribution in [2.24, 2.45) is 5.92 Å². The summed E-state index contributed by atoms with van der Waals surface area (Å²) in [6, 6.07) is 10.00. The molecule has 4 rings (SSSR count). The molecule has 7 heteroatoms. The highest BCUT2D eigenvalue weighted by molar-refractivity contribution is 5.80. The third-order valence-electron chi connectivity index (χ3n) is 5.68. The Morgan fingerprint density at radius 2 is 1.93 bits per heavy atom. The molecule has 1 saturated heterocycles. The molecule has 2 atom stereocenters. The second kappa shape index (κ2) is 7.83. The summed E-state index contributed by atoms with van der Waals surface area (Å²) in [7, 11) is 0. The van der Waals surface area contributed by atoms with Crippen LogP contribution in [0.2, 0.25) is 0 Å². The van der Waals surface area contributed by atoms with Crippen LogP contribution in [0.25, 0.3) is 5.69 Å². The van der Waals surface area contributed by atoms with Gasteiger partial charge in [-0.2, -0.15) is 5.10 Å². The number of nitrogens with one attached hydrogen (secondary N) is 1. The van der Waals surface area contributed by atoms with E-state index in [1.165, 1.54) is 0 Å². The summed E-state index contributed by atoms with van der Waals surface area (Å²) in [6.45, 7) is 8.71. The number of nitrogens with zero attached hydrogens (tertiary/aromatic N) is 3. The fraction of sp³-hybridized carbons (Fsp3) is 0.409. The highest BCUT2D eigenvalue weighted by Crippen LogP contribution is 2.38. The van der Waals surface area contributed by atoms with Gasteiger partial charge in [0.05, 0.1) is 29.1 Å². The summed E-state index contributed by atoms with van der Waals surface area (Å²) in [4.78, 5) is 13.0. The van der Waals surface area contributed by atoms with Crippen molar-refractivity contribution in [3.63, 3.8) is 0 Å². The van der Waals surface area contributed by atoms with Crippen LogP contribution in [0.1, 0.15) is 46.5 Å². The predicted molar refractivity (Wildman–Crippen MR) is 108 cm³/mol. The van der Waals surface area contributed by atoms with Crippen LogP contribution in [-0.4, -0.2) is 27.5 Å². The Bertz CT molecular complexity index is 1000. The van der Waals surface area contributed by atoms with E-state index in [1.807, 2.05) is 62.7 Å². The Morgan fingerprint density at radius 3 is 2.62 bits per heavy atom. The van der Waals surface area contributed by atoms with Crippen LogP contribution < -0.4 is 5.32 Å². The molecule has 0 bridgehead atoms. The van der Waals surface area contributed by atoms with Gasteiger partial charge in [0, 0.05) is 30.0 Å². The maximum atomic E-state index is 13.0. The number of carbonyl (C=O) groups is 1. The van der Waals surface area contributed by atoms with Crippen LogP contribution in [0.4, 0.5) is 0 Å². The summed E-state index contributed by atoms with van der Waals surface area (Å²) < 4.78 is 13.1. The van der Waals surface area contributed by atoms with Gasteiger partial charge in [-0.1, -0.05) is 23.4 Å². The summed E-state index contributed by atoms with van der Waals surface area (Å²) in [5.74, 6) is 0.470. The van der Waals surface area contributed by atoms with Crippen LogP contribution in [0.5, 0.6) is 0 Å². The van der Waals surface area contributed by atoms with E-state index in [0.717, 1.165) is 39.7 Å². The molecule has 0 spiro atoms. The minimum Gasteiger partial charge on any atom is -0.373 e. The number of benzene rings is 1. The number of aromatic nitrogens is 3. The van der Waals surface area contributed by atoms with E-state index in [0.29, 0.717) is 19.6 Å². The lowest BCUT2D eigenvalue weighted by Gasteiger charge is -2.19. The highest BCUT2D eigenvalue weighted by Gasteiger charge is 2.38. The number of rotatable bonds is 5. The van der Waals surface area contributed by atoms with Crippen LogP contribution in [-0.2, 0) is 16.1 Å². The van der Waals surface area contributed by atoms with Crippen molar-refractivity contribution < 1.29 is 14.1 Å². The lowest BCUT2D eigenvalue weighted by molar-refractivity contribution is -0.127. The molecule has 0 aliphatic carbocycles. The zero-order valence-electron chi connectivity index (χ0n) is 17.2. The maximum absolute atomic E-state index is 13.0. The van der Waals surface area contributed by atoms with E-state index in [1.54, 1.807) is 0 Å². The number of hydrogen-bond acceptors (Lipinski definition) is 5. The van der Waals surface area contributed by atoms with Crippen molar-refractivity contribution in [1.82, 2.24) is 20.3 Å². The largest absolute Gasteiger partial charge is 0.373 e. The molecule has 3 aromatic rings. The SMILES string of the molecule is Cc1noc(C)c1CNC(=O)[C@H]1CCO[C@@H]1c1c(C)nn(-c2ccccc2)c1C. The van der Waals surface area contributed by atoms with Gasteiger partial charge in [0.15, 0.2) is 0 Å². The third kappa shape index (κ3) is 3.58. The molecule has 7 nitrogen and oxygen atoms in total. The minimum absolute atomic E-state index is 0.0150. The number of carbonyl (C=O) groups excluding carboxylic acids is 1. The molecule has 0 radical (unpaired) electrons. The van der Waals surface area contributed by atoms with Crippen molar-refractivity contribution in [2.45, 2.75) is 46.8 Å². The van der Waals surface area contributed by atoms with Gasteiger partial charge >= 0.3 is 0 Å². The van der Waals surface area contributed by atoms with Gasteiger partial charge in [-0.25, -0.2) is 4.68 Å². The van der Waals surface area contributed by atoms with Crippen LogP contribution in [0.3, 0.4) is 0 Å². The zero-order valence-corrected chi connectivity index (χ0v) is 17.2. The first-order valence-corrected chi connectivity index (χ1v) is 9.90. The lowest BCUT2D eigenvalue weighted by atomic mass is 9.93. The molecule has 29 heavy (non-hydrogen) atoms. The highest BCUT2D eigenvalue weighted by atomic mass is 16.5. The Balaban J connectivity index is 1.56. The number of ether oxygens (including phenoxy) is 1. The first-order valence-electron chi connectivity index (χ1n) is 9.90. The monoisotopic (exact) mass is 394 g/mol. The number of hydrogen-bond donors (Lipinski definition) is 1. The quantitative estimate of drug-likeness (QED) is 0.716. The normalized spacial score (nSPS) is 18.9. The van der Waals surface area contributed by atoms with Gasteiger partial charge in [0.25, 0.3) is 0 Å². The van der Waals surface area contributed by atoms with Gasteiger partial charge in [-0.3, -0.25) is 4.79 Å². The number of aryl methyl sites for hydroxylation is 3. The topological polar surface area (TPSA) is 82.2 Å². The molecular formula is C22H26N4O3. The molecule has 152 valence electrons.